The molecule has 1 unspecified atom stereocenters. The molecule has 1 rings (SSSR count). The van der Waals surface area contributed by atoms with Gasteiger partial charge in [0.25, 0.3) is 0 Å². The van der Waals surface area contributed by atoms with Crippen molar-refractivity contribution in [2.24, 2.45) is 5.73 Å². The fourth-order valence-electron chi connectivity index (χ4n) is 2.48. The number of rotatable bonds is 11. The van der Waals surface area contributed by atoms with E-state index < -0.39 is 17.3 Å². The number of nitrogens with two attached hydrogens (primary N) is 1. The summed E-state index contributed by atoms with van der Waals surface area (Å²) in [5.41, 5.74) is 4.82. The fraction of sp³-hybridized carbons (Fsp3) is 0.684. The number of alkyl halides is 3. The van der Waals surface area contributed by atoms with Crippen molar-refractivity contribution in [1.29, 1.82) is 0 Å². The van der Waals surface area contributed by atoms with Crippen molar-refractivity contribution in [3.8, 4) is 5.75 Å². The van der Waals surface area contributed by atoms with Crippen LogP contribution in [0.15, 0.2) is 18.2 Å². The number of hydrogen-bond acceptors (Lipinski definition) is 3. The van der Waals surface area contributed by atoms with Gasteiger partial charge in [0.1, 0.15) is 5.75 Å². The Morgan fingerprint density at radius 2 is 1.80 bits per heavy atom. The van der Waals surface area contributed by atoms with Crippen molar-refractivity contribution in [3.05, 3.63) is 29.3 Å². The first-order chi connectivity index (χ1) is 11.7. The summed E-state index contributed by atoms with van der Waals surface area (Å²) in [6, 6.07) is 4.14. The quantitative estimate of drug-likeness (QED) is 0.562. The van der Waals surface area contributed by atoms with E-state index in [1.807, 2.05) is 0 Å². The average Bonchev–Trinajstić information content (AvgIpc) is 2.56. The van der Waals surface area contributed by atoms with E-state index in [2.05, 4.69) is 6.92 Å². The Balaban J connectivity index is 2.72. The third-order valence-electron chi connectivity index (χ3n) is 4.20. The standard InChI is InChI=1S/C19H30F3NO2/c1-3-4-5-6-7-12-25-17-9-8-15(10-11-18(2,23)14-24)13-16(17)19(20,21)22/h8-9,13,24H,3-7,10-12,14,23H2,1-2H3. The normalized spacial score (nSPS) is 14.4. The SMILES string of the molecule is CCCCCCCOc1ccc(CCC(C)(N)CO)cc1C(F)(F)F. The Kier molecular flexibility index (Phi) is 8.73. The van der Waals surface area contributed by atoms with Gasteiger partial charge in [-0.05, 0) is 43.9 Å². The van der Waals surface area contributed by atoms with Crippen LogP contribution >= 0.6 is 0 Å². The molecule has 3 N–H and O–H groups in total. The number of aliphatic hydroxyl groups excluding tert-OH is 1. The molecule has 0 bridgehead atoms. The molecular weight excluding hydrogens is 331 g/mol. The first-order valence-corrected chi connectivity index (χ1v) is 8.92. The van der Waals surface area contributed by atoms with Crippen molar-refractivity contribution in [2.45, 2.75) is 70.5 Å². The highest BCUT2D eigenvalue weighted by Crippen LogP contribution is 2.37. The Labute approximate surface area is 148 Å². The monoisotopic (exact) mass is 361 g/mol. The largest absolute Gasteiger partial charge is 0.493 e. The summed E-state index contributed by atoms with van der Waals surface area (Å²) in [7, 11) is 0. The van der Waals surface area contributed by atoms with E-state index in [0.29, 0.717) is 18.4 Å². The average molecular weight is 361 g/mol. The minimum Gasteiger partial charge on any atom is -0.493 e. The summed E-state index contributed by atoms with van der Waals surface area (Å²) in [6.07, 6.45) is 1.36. The van der Waals surface area contributed by atoms with Crippen LogP contribution in [0.5, 0.6) is 5.75 Å². The second-order valence-corrected chi connectivity index (χ2v) is 6.90. The lowest BCUT2D eigenvalue weighted by Crippen LogP contribution is -2.40. The second-order valence-electron chi connectivity index (χ2n) is 6.90. The maximum Gasteiger partial charge on any atom is 0.419 e. The lowest BCUT2D eigenvalue weighted by Gasteiger charge is -2.22. The Morgan fingerprint density at radius 3 is 2.40 bits per heavy atom. The highest BCUT2D eigenvalue weighted by Gasteiger charge is 2.34. The second kappa shape index (κ2) is 10.0. The van der Waals surface area contributed by atoms with Crippen LogP contribution < -0.4 is 10.5 Å². The lowest BCUT2D eigenvalue weighted by molar-refractivity contribution is -0.139. The van der Waals surface area contributed by atoms with Crippen molar-refractivity contribution in [2.75, 3.05) is 13.2 Å². The number of hydrogen-bond donors (Lipinski definition) is 2. The van der Waals surface area contributed by atoms with Crippen LogP contribution in [0.3, 0.4) is 0 Å². The van der Waals surface area contributed by atoms with Gasteiger partial charge in [0.2, 0.25) is 0 Å². The summed E-state index contributed by atoms with van der Waals surface area (Å²) in [4.78, 5) is 0. The van der Waals surface area contributed by atoms with Gasteiger partial charge >= 0.3 is 6.18 Å². The van der Waals surface area contributed by atoms with Crippen LogP contribution in [0, 0.1) is 0 Å². The smallest absolute Gasteiger partial charge is 0.419 e. The van der Waals surface area contributed by atoms with E-state index in [4.69, 9.17) is 15.6 Å². The van der Waals surface area contributed by atoms with E-state index in [-0.39, 0.29) is 19.0 Å². The van der Waals surface area contributed by atoms with Gasteiger partial charge in [-0.15, -0.1) is 0 Å². The van der Waals surface area contributed by atoms with Crippen molar-refractivity contribution in [3.63, 3.8) is 0 Å². The van der Waals surface area contributed by atoms with Gasteiger partial charge in [0.05, 0.1) is 18.8 Å². The molecular formula is C19H30F3NO2. The zero-order valence-electron chi connectivity index (χ0n) is 15.2. The van der Waals surface area contributed by atoms with Crippen LogP contribution in [0.1, 0.15) is 63.5 Å². The number of benzene rings is 1. The predicted octanol–water partition coefficient (Wildman–Crippen LogP) is 4.70. The first kappa shape index (κ1) is 21.8. The van der Waals surface area contributed by atoms with Crippen LogP contribution in [0.4, 0.5) is 13.2 Å². The molecule has 0 amide bonds. The number of ether oxygens (including phenoxy) is 1. The summed E-state index contributed by atoms with van der Waals surface area (Å²) in [5, 5.41) is 9.15. The molecule has 144 valence electrons. The fourth-order valence-corrected chi connectivity index (χ4v) is 2.48. The zero-order chi connectivity index (χ0) is 18.9. The van der Waals surface area contributed by atoms with Gasteiger partial charge in [-0.1, -0.05) is 38.7 Å². The minimum atomic E-state index is -4.46. The number of halogens is 3. The molecule has 3 nitrogen and oxygen atoms in total. The molecule has 0 heterocycles. The highest BCUT2D eigenvalue weighted by atomic mass is 19.4. The molecule has 0 aliphatic carbocycles. The zero-order valence-corrected chi connectivity index (χ0v) is 15.2. The Hall–Kier alpha value is -1.27. The Bertz CT molecular complexity index is 516. The third kappa shape index (κ3) is 8.10. The molecule has 1 aromatic rings. The third-order valence-corrected chi connectivity index (χ3v) is 4.20. The molecule has 25 heavy (non-hydrogen) atoms. The van der Waals surface area contributed by atoms with E-state index in [1.165, 1.54) is 6.07 Å². The van der Waals surface area contributed by atoms with Crippen molar-refractivity contribution >= 4 is 0 Å². The Morgan fingerprint density at radius 1 is 1.12 bits per heavy atom. The summed E-state index contributed by atoms with van der Waals surface area (Å²) in [5.74, 6) is -0.121. The molecule has 0 saturated carbocycles. The van der Waals surface area contributed by atoms with Gasteiger partial charge < -0.3 is 15.6 Å². The number of aryl methyl sites for hydroxylation is 1. The van der Waals surface area contributed by atoms with E-state index >= 15 is 0 Å². The maximum atomic E-state index is 13.3. The van der Waals surface area contributed by atoms with Gasteiger partial charge in [0.15, 0.2) is 0 Å². The molecule has 6 heteroatoms. The number of aliphatic hydroxyl groups is 1. The minimum absolute atomic E-state index is 0.121. The molecule has 0 radical (unpaired) electrons. The topological polar surface area (TPSA) is 55.5 Å². The van der Waals surface area contributed by atoms with Gasteiger partial charge in [-0.3, -0.25) is 0 Å². The van der Waals surface area contributed by atoms with Gasteiger partial charge in [0, 0.05) is 5.54 Å². The molecule has 0 spiro atoms. The molecule has 0 aliphatic rings. The summed E-state index contributed by atoms with van der Waals surface area (Å²) < 4.78 is 45.3. The summed E-state index contributed by atoms with van der Waals surface area (Å²) in [6.45, 7) is 3.87. The van der Waals surface area contributed by atoms with E-state index in [9.17, 15) is 13.2 Å². The van der Waals surface area contributed by atoms with Crippen LogP contribution in [-0.4, -0.2) is 23.9 Å². The van der Waals surface area contributed by atoms with E-state index in [0.717, 1.165) is 38.2 Å². The van der Waals surface area contributed by atoms with Crippen LogP contribution in [0.2, 0.25) is 0 Å². The highest BCUT2D eigenvalue weighted by molar-refractivity contribution is 5.39. The van der Waals surface area contributed by atoms with Gasteiger partial charge in [-0.2, -0.15) is 13.2 Å². The predicted molar refractivity (Wildman–Crippen MR) is 93.7 cm³/mol. The first-order valence-electron chi connectivity index (χ1n) is 8.92. The molecule has 1 aromatic carbocycles. The molecule has 0 aromatic heterocycles. The molecule has 0 fully saturated rings. The number of unbranched alkanes of at least 4 members (excludes halogenated alkanes) is 4. The van der Waals surface area contributed by atoms with Gasteiger partial charge in [-0.25, -0.2) is 0 Å². The lowest BCUT2D eigenvalue weighted by atomic mass is 9.94. The molecule has 0 saturated heterocycles. The maximum absolute atomic E-state index is 13.3. The van der Waals surface area contributed by atoms with Crippen molar-refractivity contribution < 1.29 is 23.0 Å². The summed E-state index contributed by atoms with van der Waals surface area (Å²) >= 11 is 0. The van der Waals surface area contributed by atoms with Crippen LogP contribution in [-0.2, 0) is 12.6 Å². The molecule has 1 atom stereocenters. The molecule has 0 aliphatic heterocycles. The van der Waals surface area contributed by atoms with Crippen LogP contribution in [0.25, 0.3) is 0 Å². The van der Waals surface area contributed by atoms with Crippen molar-refractivity contribution in [1.82, 2.24) is 0 Å². The van der Waals surface area contributed by atoms with E-state index in [1.54, 1.807) is 13.0 Å².